The minimum Gasteiger partial charge on any atom is -0.444 e. The number of anilines is 3. The Morgan fingerprint density at radius 1 is 1.08 bits per heavy atom. The number of thiophene rings is 1. The van der Waals surface area contributed by atoms with E-state index in [1.54, 1.807) is 4.90 Å². The van der Waals surface area contributed by atoms with Crippen LogP contribution in [0.3, 0.4) is 0 Å². The number of rotatable bonds is 5. The standard InChI is InChI=1S/C36H47N9O3S/c1-35(2,3)47-34(46)43-14-12-42(13-15-43)23-17-27(39-29(18-23)45-21-24-16-25(45)20-44(24)22-8-5-6-9-22)32-40-33(48-41-32)36(4)11-7-10-28-30(36)26(19-37)31(38)49-28/h17-18,22,24-25H,5-16,20-21,38H2,1-4H3/t24-,25-,36?/m0/s1. The number of fused-ring (bicyclic) bond motifs is 3. The van der Waals surface area contributed by atoms with Crippen LogP contribution in [0.2, 0.25) is 0 Å². The highest BCUT2D eigenvalue weighted by molar-refractivity contribution is 7.16. The van der Waals surface area contributed by atoms with Crippen LogP contribution >= 0.6 is 11.3 Å². The van der Waals surface area contributed by atoms with Gasteiger partial charge in [0.1, 0.15) is 28.2 Å². The van der Waals surface area contributed by atoms with Gasteiger partial charge >= 0.3 is 6.09 Å². The maximum absolute atomic E-state index is 12.8. The Morgan fingerprint density at radius 2 is 1.86 bits per heavy atom. The van der Waals surface area contributed by atoms with Gasteiger partial charge in [-0.3, -0.25) is 4.90 Å². The predicted octanol–water partition coefficient (Wildman–Crippen LogP) is 5.55. The highest BCUT2D eigenvalue weighted by atomic mass is 32.1. The van der Waals surface area contributed by atoms with Crippen LogP contribution < -0.4 is 15.5 Å². The number of aromatic nitrogens is 3. The lowest BCUT2D eigenvalue weighted by Crippen LogP contribution is -2.50. The van der Waals surface area contributed by atoms with Crippen molar-refractivity contribution in [1.82, 2.24) is 24.9 Å². The molecule has 4 fully saturated rings. The second-order valence-corrected chi connectivity index (χ2v) is 16.9. The number of pyridine rings is 1. The van der Waals surface area contributed by atoms with Crippen molar-refractivity contribution in [3.8, 4) is 17.6 Å². The van der Waals surface area contributed by atoms with E-state index in [0.29, 0.717) is 66.2 Å². The van der Waals surface area contributed by atoms with E-state index in [-0.39, 0.29) is 6.09 Å². The molecule has 3 aromatic heterocycles. The molecule has 3 aromatic rings. The summed E-state index contributed by atoms with van der Waals surface area (Å²) in [5, 5.41) is 15.0. The van der Waals surface area contributed by atoms with Crippen molar-refractivity contribution in [1.29, 1.82) is 5.26 Å². The first-order chi connectivity index (χ1) is 23.5. The summed E-state index contributed by atoms with van der Waals surface area (Å²) in [6.45, 7) is 12.3. The Bertz CT molecular complexity index is 1780. The van der Waals surface area contributed by atoms with Crippen LogP contribution in [0.25, 0.3) is 11.5 Å². The first-order valence-electron chi connectivity index (χ1n) is 17.9. The van der Waals surface area contributed by atoms with Gasteiger partial charge in [-0.15, -0.1) is 11.3 Å². The maximum Gasteiger partial charge on any atom is 0.410 e. The molecule has 5 aliphatic rings. The molecule has 0 spiro atoms. The van der Waals surface area contributed by atoms with Gasteiger partial charge in [0.2, 0.25) is 11.7 Å². The summed E-state index contributed by atoms with van der Waals surface area (Å²) in [5.74, 6) is 1.87. The first kappa shape index (κ1) is 32.3. The van der Waals surface area contributed by atoms with Crippen LogP contribution in [0.1, 0.15) is 94.5 Å². The molecule has 0 radical (unpaired) electrons. The number of carbonyl (C=O) groups excluding carboxylic acids is 1. The molecule has 3 aliphatic heterocycles. The van der Waals surface area contributed by atoms with E-state index in [1.165, 1.54) is 43.4 Å². The molecule has 1 saturated carbocycles. The number of likely N-dealkylation sites (tertiary alicyclic amines) is 1. The lowest BCUT2D eigenvalue weighted by Gasteiger charge is -2.39. The summed E-state index contributed by atoms with van der Waals surface area (Å²) >= 11 is 1.50. The quantitative estimate of drug-likeness (QED) is 0.361. The van der Waals surface area contributed by atoms with Crippen molar-refractivity contribution < 1.29 is 14.1 Å². The van der Waals surface area contributed by atoms with E-state index < -0.39 is 11.0 Å². The summed E-state index contributed by atoms with van der Waals surface area (Å²) < 4.78 is 11.7. The lowest BCUT2D eigenvalue weighted by atomic mass is 9.72. The summed E-state index contributed by atoms with van der Waals surface area (Å²) in [4.78, 5) is 33.5. The topological polar surface area (TPSA) is 141 Å². The molecule has 2 bridgehead atoms. The number of aryl methyl sites for hydroxylation is 1. The van der Waals surface area contributed by atoms with Crippen LogP contribution in [-0.2, 0) is 16.6 Å². The largest absolute Gasteiger partial charge is 0.444 e. The fraction of sp³-hybridized carbons (Fsp3) is 0.639. The third-order valence-electron chi connectivity index (χ3n) is 11.3. The smallest absolute Gasteiger partial charge is 0.410 e. The van der Waals surface area contributed by atoms with Gasteiger partial charge in [0.05, 0.1) is 11.0 Å². The molecular weight excluding hydrogens is 639 g/mol. The zero-order valence-corrected chi connectivity index (χ0v) is 29.9. The van der Waals surface area contributed by atoms with E-state index in [4.69, 9.17) is 25.0 Å². The molecular formula is C36H47N9O3S. The molecule has 8 rings (SSSR count). The Balaban J connectivity index is 1.10. The van der Waals surface area contributed by atoms with Crippen LogP contribution in [0.15, 0.2) is 16.7 Å². The third kappa shape index (κ3) is 5.80. The second-order valence-electron chi connectivity index (χ2n) is 15.7. The normalized spacial score (nSPS) is 26.0. The molecule has 49 heavy (non-hydrogen) atoms. The first-order valence-corrected chi connectivity index (χ1v) is 18.8. The number of ether oxygens (including phenoxy) is 1. The van der Waals surface area contributed by atoms with E-state index in [9.17, 15) is 10.1 Å². The Kier molecular flexibility index (Phi) is 8.02. The van der Waals surface area contributed by atoms with Crippen molar-refractivity contribution in [3.63, 3.8) is 0 Å². The van der Waals surface area contributed by atoms with E-state index in [1.807, 2.05) is 20.8 Å². The average Bonchev–Trinajstić information content (AvgIpc) is 3.92. The number of amides is 1. The third-order valence-corrected chi connectivity index (χ3v) is 12.4. The molecule has 2 aliphatic carbocycles. The Labute approximate surface area is 292 Å². The number of nitrogens with zero attached hydrogens (tertiary/aromatic N) is 8. The average molecular weight is 686 g/mol. The zero-order valence-electron chi connectivity index (χ0n) is 29.1. The number of nitrogen functional groups attached to an aromatic ring is 1. The van der Waals surface area contributed by atoms with Crippen molar-refractivity contribution in [2.45, 2.75) is 108 Å². The van der Waals surface area contributed by atoms with E-state index in [2.05, 4.69) is 45.0 Å². The van der Waals surface area contributed by atoms with Gasteiger partial charge in [-0.2, -0.15) is 10.2 Å². The lowest BCUT2D eigenvalue weighted by molar-refractivity contribution is 0.0240. The van der Waals surface area contributed by atoms with Crippen molar-refractivity contribution in [2.75, 3.05) is 54.8 Å². The monoisotopic (exact) mass is 685 g/mol. The maximum atomic E-state index is 12.8. The second kappa shape index (κ2) is 12.2. The van der Waals surface area contributed by atoms with Crippen molar-refractivity contribution >= 4 is 33.9 Å². The summed E-state index contributed by atoms with van der Waals surface area (Å²) in [6, 6.07) is 8.32. The number of hydrogen-bond acceptors (Lipinski definition) is 12. The van der Waals surface area contributed by atoms with Crippen LogP contribution in [-0.4, -0.2) is 94.0 Å². The van der Waals surface area contributed by atoms with Gasteiger partial charge in [-0.05, 0) is 72.3 Å². The predicted molar refractivity (Wildman–Crippen MR) is 189 cm³/mol. The van der Waals surface area contributed by atoms with Gasteiger partial charge < -0.3 is 29.7 Å². The van der Waals surface area contributed by atoms with Gasteiger partial charge in [0, 0.05) is 79.6 Å². The molecule has 1 unspecified atom stereocenters. The van der Waals surface area contributed by atoms with E-state index >= 15 is 0 Å². The molecule has 2 N–H and O–H groups in total. The fourth-order valence-corrected chi connectivity index (χ4v) is 10.1. The number of piperazine rings is 2. The van der Waals surface area contributed by atoms with Crippen LogP contribution in [0, 0.1) is 11.3 Å². The van der Waals surface area contributed by atoms with Gasteiger partial charge in [0.25, 0.3) is 0 Å². The number of hydrogen-bond donors (Lipinski definition) is 1. The SMILES string of the molecule is CC(C)(C)OC(=O)N1CCN(c2cc(-c3noc(C4(C)CCCc5sc(N)c(C#N)c54)n3)nc(N3C[C@@H]4C[C@H]3CN4C3CCCC3)c2)CC1. The highest BCUT2D eigenvalue weighted by Crippen LogP contribution is 2.49. The van der Waals surface area contributed by atoms with Crippen LogP contribution in [0.5, 0.6) is 0 Å². The molecule has 1 amide bonds. The van der Waals surface area contributed by atoms with Crippen LogP contribution in [0.4, 0.5) is 21.3 Å². The van der Waals surface area contributed by atoms with Crippen molar-refractivity contribution in [2.24, 2.45) is 0 Å². The highest BCUT2D eigenvalue weighted by Gasteiger charge is 2.47. The molecule has 12 nitrogen and oxygen atoms in total. The number of nitrogens with two attached hydrogens (primary N) is 1. The molecule has 3 saturated heterocycles. The summed E-state index contributed by atoms with van der Waals surface area (Å²) in [5.41, 5.74) is 8.33. The summed E-state index contributed by atoms with van der Waals surface area (Å²) in [6.07, 6.45) is 8.89. The molecule has 13 heteroatoms. The minimum absolute atomic E-state index is 0.270. The van der Waals surface area contributed by atoms with Gasteiger partial charge in [0.15, 0.2) is 0 Å². The van der Waals surface area contributed by atoms with Gasteiger partial charge in [-0.25, -0.2) is 9.78 Å². The molecule has 6 heterocycles. The number of carbonyl (C=O) groups is 1. The van der Waals surface area contributed by atoms with E-state index in [0.717, 1.165) is 60.3 Å². The zero-order chi connectivity index (χ0) is 34.1. The molecule has 0 aromatic carbocycles. The Morgan fingerprint density at radius 3 is 2.55 bits per heavy atom. The Hall–Kier alpha value is -3.89. The van der Waals surface area contributed by atoms with Gasteiger partial charge in [-0.1, -0.05) is 18.0 Å². The minimum atomic E-state index is -0.603. The van der Waals surface area contributed by atoms with Crippen molar-refractivity contribution in [3.05, 3.63) is 34.0 Å². The fourth-order valence-electron chi connectivity index (χ4n) is 8.94. The summed E-state index contributed by atoms with van der Waals surface area (Å²) in [7, 11) is 0. The number of nitriles is 1. The molecule has 3 atom stereocenters. The molecule has 260 valence electrons.